The van der Waals surface area contributed by atoms with Gasteiger partial charge in [0.15, 0.2) is 11.6 Å². The minimum Gasteiger partial charge on any atom is -0.434 e. The summed E-state index contributed by atoms with van der Waals surface area (Å²) in [6.45, 7) is 17.2. The molecule has 2 aromatic rings. The minimum absolute atomic E-state index is 0.0385. The van der Waals surface area contributed by atoms with Gasteiger partial charge in [0, 0.05) is 50.2 Å². The molecule has 0 radical (unpaired) electrons. The fourth-order valence-corrected chi connectivity index (χ4v) is 6.11. The second-order valence-electron chi connectivity index (χ2n) is 11.7. The van der Waals surface area contributed by atoms with Crippen LogP contribution in [0, 0.1) is 24.1 Å². The van der Waals surface area contributed by atoms with E-state index in [1.165, 1.54) is 18.2 Å². The number of aromatic nitrogens is 3. The highest BCUT2D eigenvalue weighted by atomic mass is 19.1. The van der Waals surface area contributed by atoms with Crippen LogP contribution in [-0.2, 0) is 0 Å². The number of carbonyl (C=O) groups is 1. The van der Waals surface area contributed by atoms with Gasteiger partial charge in [-0.25, -0.2) is 9.37 Å². The van der Waals surface area contributed by atoms with Crippen LogP contribution >= 0.6 is 0 Å². The second-order valence-corrected chi connectivity index (χ2v) is 11.7. The van der Waals surface area contributed by atoms with Gasteiger partial charge in [-0.15, -0.1) is 10.2 Å². The van der Waals surface area contributed by atoms with Gasteiger partial charge in [-0.3, -0.25) is 9.69 Å². The zero-order valence-electron chi connectivity index (χ0n) is 24.3. The number of ether oxygens (including phenoxy) is 1. The van der Waals surface area contributed by atoms with Crippen LogP contribution in [0.5, 0.6) is 11.6 Å². The highest BCUT2D eigenvalue weighted by Gasteiger charge is 2.50. The fraction of sp³-hybridized carbons (Fsp3) is 0.655. The number of hydrogen-bond donors (Lipinski definition) is 1. The molecular formula is C29H44FN7O2. The van der Waals surface area contributed by atoms with Crippen molar-refractivity contribution < 1.29 is 13.9 Å². The van der Waals surface area contributed by atoms with E-state index < -0.39 is 5.82 Å². The molecule has 1 spiro atoms. The van der Waals surface area contributed by atoms with Gasteiger partial charge in [0.2, 0.25) is 0 Å². The molecular weight excluding hydrogens is 497 g/mol. The van der Waals surface area contributed by atoms with Gasteiger partial charge in [0.25, 0.3) is 11.8 Å². The number of halogens is 1. The summed E-state index contributed by atoms with van der Waals surface area (Å²) in [6.07, 6.45) is 3.24. The Kier molecular flexibility index (Phi) is 9.06. The number of amides is 1. The van der Waals surface area contributed by atoms with Crippen molar-refractivity contribution in [1.82, 2.24) is 25.0 Å². The molecule has 214 valence electrons. The first-order chi connectivity index (χ1) is 18.6. The Morgan fingerprint density at radius 2 is 1.95 bits per heavy atom. The van der Waals surface area contributed by atoms with Gasteiger partial charge >= 0.3 is 0 Å². The summed E-state index contributed by atoms with van der Waals surface area (Å²) in [6, 6.07) is 4.50. The molecule has 2 fully saturated rings. The number of nitrogens with two attached hydrogens (primary N) is 1. The van der Waals surface area contributed by atoms with E-state index >= 15 is 0 Å². The largest absolute Gasteiger partial charge is 0.434 e. The van der Waals surface area contributed by atoms with Crippen LogP contribution in [0.1, 0.15) is 70.1 Å². The SMILES string of the molecule is CCN(C(=O)c1cc(F)ccc1Oc1nnc(C)nc1N1CCC2(C1)CN(C(CCCN)C(C)C)C2)C(C)C. The van der Waals surface area contributed by atoms with E-state index in [2.05, 4.69) is 33.8 Å². The molecule has 10 heteroatoms. The van der Waals surface area contributed by atoms with Crippen LogP contribution in [-0.4, -0.2) is 82.2 Å². The number of carbonyl (C=O) groups excluding carboxylic acids is 1. The lowest BCUT2D eigenvalue weighted by atomic mass is 9.76. The minimum atomic E-state index is -0.499. The molecule has 2 aliphatic rings. The topological polar surface area (TPSA) is 101 Å². The molecule has 1 unspecified atom stereocenters. The Balaban J connectivity index is 1.54. The highest BCUT2D eigenvalue weighted by Crippen LogP contribution is 2.44. The lowest BCUT2D eigenvalue weighted by Crippen LogP contribution is -2.62. The van der Waals surface area contributed by atoms with Gasteiger partial charge in [0.05, 0.1) is 5.56 Å². The maximum Gasteiger partial charge on any atom is 0.282 e. The van der Waals surface area contributed by atoms with Gasteiger partial charge in [0.1, 0.15) is 11.6 Å². The first-order valence-corrected chi connectivity index (χ1v) is 14.3. The molecule has 4 rings (SSSR count). The number of rotatable bonds is 11. The summed E-state index contributed by atoms with van der Waals surface area (Å²) in [5.74, 6) is 1.42. The van der Waals surface area contributed by atoms with Crippen molar-refractivity contribution >= 4 is 11.7 Å². The van der Waals surface area contributed by atoms with E-state index in [9.17, 15) is 9.18 Å². The zero-order valence-corrected chi connectivity index (χ0v) is 24.3. The van der Waals surface area contributed by atoms with Crippen molar-refractivity contribution in [1.29, 1.82) is 0 Å². The van der Waals surface area contributed by atoms with Crippen LogP contribution in [0.15, 0.2) is 18.2 Å². The van der Waals surface area contributed by atoms with Crippen molar-refractivity contribution in [2.24, 2.45) is 17.1 Å². The average molecular weight is 542 g/mol. The Morgan fingerprint density at radius 3 is 2.59 bits per heavy atom. The highest BCUT2D eigenvalue weighted by molar-refractivity contribution is 5.97. The molecule has 9 nitrogen and oxygen atoms in total. The van der Waals surface area contributed by atoms with Crippen molar-refractivity contribution in [3.63, 3.8) is 0 Å². The van der Waals surface area contributed by atoms with E-state index in [0.717, 1.165) is 52.0 Å². The van der Waals surface area contributed by atoms with Crippen molar-refractivity contribution in [2.45, 2.75) is 72.9 Å². The van der Waals surface area contributed by atoms with Crippen LogP contribution in [0.2, 0.25) is 0 Å². The molecule has 0 aliphatic carbocycles. The second kappa shape index (κ2) is 12.1. The molecule has 2 aliphatic heterocycles. The molecule has 0 saturated carbocycles. The van der Waals surface area contributed by atoms with Crippen LogP contribution < -0.4 is 15.4 Å². The normalized spacial score (nSPS) is 17.6. The maximum absolute atomic E-state index is 14.2. The predicted molar refractivity (Wildman–Crippen MR) is 151 cm³/mol. The van der Waals surface area contributed by atoms with Gasteiger partial charge in [-0.05, 0) is 77.6 Å². The Labute approximate surface area is 231 Å². The third kappa shape index (κ3) is 6.32. The summed E-state index contributed by atoms with van der Waals surface area (Å²) < 4.78 is 20.4. The zero-order chi connectivity index (χ0) is 28.3. The first-order valence-electron chi connectivity index (χ1n) is 14.3. The molecule has 2 N–H and O–H groups in total. The van der Waals surface area contributed by atoms with Gasteiger partial charge < -0.3 is 20.3 Å². The molecule has 1 aromatic heterocycles. The smallest absolute Gasteiger partial charge is 0.282 e. The van der Waals surface area contributed by atoms with Crippen LogP contribution in [0.4, 0.5) is 10.2 Å². The lowest BCUT2D eigenvalue weighted by Gasteiger charge is -2.53. The van der Waals surface area contributed by atoms with Crippen molar-refractivity contribution in [3.8, 4) is 11.6 Å². The fourth-order valence-electron chi connectivity index (χ4n) is 6.11. The number of anilines is 1. The quantitative estimate of drug-likeness (QED) is 0.451. The third-order valence-corrected chi connectivity index (χ3v) is 8.11. The van der Waals surface area contributed by atoms with Gasteiger partial charge in [-0.2, -0.15) is 0 Å². The summed E-state index contributed by atoms with van der Waals surface area (Å²) in [5.41, 5.74) is 6.16. The van der Waals surface area contributed by atoms with E-state index in [1.54, 1.807) is 11.8 Å². The van der Waals surface area contributed by atoms with Crippen molar-refractivity contribution in [3.05, 3.63) is 35.4 Å². The van der Waals surface area contributed by atoms with E-state index in [0.29, 0.717) is 30.1 Å². The van der Waals surface area contributed by atoms with Crippen LogP contribution in [0.3, 0.4) is 0 Å². The number of benzene rings is 1. The summed E-state index contributed by atoms with van der Waals surface area (Å²) >= 11 is 0. The van der Waals surface area contributed by atoms with Crippen LogP contribution in [0.25, 0.3) is 0 Å². The monoisotopic (exact) mass is 541 g/mol. The average Bonchev–Trinajstić information content (AvgIpc) is 3.31. The number of hydrogen-bond acceptors (Lipinski definition) is 8. The number of likely N-dealkylation sites (tertiary alicyclic amines) is 1. The predicted octanol–water partition coefficient (Wildman–Crippen LogP) is 4.26. The first kappa shape index (κ1) is 29.1. The molecule has 1 amide bonds. The molecule has 2 saturated heterocycles. The molecule has 39 heavy (non-hydrogen) atoms. The lowest BCUT2D eigenvalue weighted by molar-refractivity contribution is -0.0337. The molecule has 3 heterocycles. The molecule has 1 aromatic carbocycles. The Bertz CT molecular complexity index is 1150. The summed E-state index contributed by atoms with van der Waals surface area (Å²) in [5, 5.41) is 8.45. The van der Waals surface area contributed by atoms with E-state index in [-0.39, 0.29) is 34.6 Å². The third-order valence-electron chi connectivity index (χ3n) is 8.11. The number of aryl methyl sites for hydroxylation is 1. The van der Waals surface area contributed by atoms with Gasteiger partial charge in [-0.1, -0.05) is 13.8 Å². The Hall–Kier alpha value is -2.85. The number of nitrogens with zero attached hydrogens (tertiary/aromatic N) is 6. The standard InChI is InChI=1S/C29H44FN7O2/c1-7-37(20(4)5)28(38)23-15-22(30)10-11-25(23)39-27-26(32-21(6)33-34-27)35-14-12-29(16-35)17-36(18-29)24(19(2)3)9-8-13-31/h10-11,15,19-20,24H,7-9,12-14,16-18,31H2,1-6H3. The molecule has 0 bridgehead atoms. The van der Waals surface area contributed by atoms with Crippen molar-refractivity contribution in [2.75, 3.05) is 44.2 Å². The van der Waals surface area contributed by atoms with E-state index in [4.69, 9.17) is 15.5 Å². The Morgan fingerprint density at radius 1 is 1.21 bits per heavy atom. The molecule has 1 atom stereocenters. The summed E-state index contributed by atoms with van der Waals surface area (Å²) in [7, 11) is 0. The van der Waals surface area contributed by atoms with E-state index in [1.807, 2.05) is 20.8 Å². The summed E-state index contributed by atoms with van der Waals surface area (Å²) in [4.78, 5) is 24.5. The maximum atomic E-state index is 14.2.